The molecular formula is C18H25N5O. The third kappa shape index (κ3) is 3.88. The number of amides is 1. The highest BCUT2D eigenvalue weighted by Crippen LogP contribution is 2.14. The van der Waals surface area contributed by atoms with Crippen molar-refractivity contribution in [2.45, 2.75) is 19.0 Å². The van der Waals surface area contributed by atoms with Crippen molar-refractivity contribution in [2.75, 3.05) is 40.8 Å². The van der Waals surface area contributed by atoms with Gasteiger partial charge in [0, 0.05) is 26.2 Å². The van der Waals surface area contributed by atoms with Crippen molar-refractivity contribution in [1.82, 2.24) is 24.7 Å². The molecule has 3 rings (SSSR count). The van der Waals surface area contributed by atoms with Gasteiger partial charge >= 0.3 is 0 Å². The first-order chi connectivity index (χ1) is 11.5. The number of carbonyl (C=O) groups is 1. The minimum absolute atomic E-state index is 0.129. The lowest BCUT2D eigenvalue weighted by atomic mass is 10.2. The number of hydrogen-bond acceptors (Lipinski definition) is 5. The predicted octanol–water partition coefficient (Wildman–Crippen LogP) is 1.22. The number of likely N-dealkylation sites (tertiary alicyclic amines) is 1. The molecule has 1 aromatic carbocycles. The second kappa shape index (κ2) is 7.23. The molecule has 1 atom stereocenters. The first kappa shape index (κ1) is 16.8. The first-order valence-electron chi connectivity index (χ1n) is 8.36. The van der Waals surface area contributed by atoms with Crippen LogP contribution in [0.2, 0.25) is 0 Å². The van der Waals surface area contributed by atoms with E-state index in [0.29, 0.717) is 19.1 Å². The van der Waals surface area contributed by atoms with Crippen LogP contribution in [0, 0.1) is 0 Å². The van der Waals surface area contributed by atoms with Crippen molar-refractivity contribution < 1.29 is 4.79 Å². The van der Waals surface area contributed by atoms with Gasteiger partial charge in [-0.05, 0) is 32.6 Å². The Hall–Kier alpha value is -2.05. The Bertz CT molecular complexity index is 717. The summed E-state index contributed by atoms with van der Waals surface area (Å²) >= 11 is 0. The van der Waals surface area contributed by atoms with Crippen LogP contribution in [0.25, 0.3) is 11.0 Å². The third-order valence-corrected chi connectivity index (χ3v) is 4.66. The second-order valence-corrected chi connectivity index (χ2v) is 6.74. The summed E-state index contributed by atoms with van der Waals surface area (Å²) in [7, 11) is 6.03. The maximum Gasteiger partial charge on any atom is 0.236 e. The van der Waals surface area contributed by atoms with E-state index in [2.05, 4.69) is 33.9 Å². The Morgan fingerprint density at radius 3 is 2.71 bits per heavy atom. The van der Waals surface area contributed by atoms with Gasteiger partial charge < -0.3 is 9.80 Å². The molecule has 0 saturated carbocycles. The van der Waals surface area contributed by atoms with Crippen molar-refractivity contribution in [3.63, 3.8) is 0 Å². The number of carbonyl (C=O) groups excluding carboxylic acids is 1. The van der Waals surface area contributed by atoms with Gasteiger partial charge in [0.05, 0.1) is 36.0 Å². The van der Waals surface area contributed by atoms with Gasteiger partial charge in [0.15, 0.2) is 0 Å². The summed E-state index contributed by atoms with van der Waals surface area (Å²) < 4.78 is 0. The van der Waals surface area contributed by atoms with Crippen molar-refractivity contribution >= 4 is 16.9 Å². The van der Waals surface area contributed by atoms with Crippen LogP contribution >= 0.6 is 0 Å². The molecule has 1 aliphatic heterocycles. The number of fused-ring (bicyclic) bond motifs is 1. The topological polar surface area (TPSA) is 52.6 Å². The maximum atomic E-state index is 12.5. The summed E-state index contributed by atoms with van der Waals surface area (Å²) in [6.07, 6.45) is 2.88. The number of aromatic nitrogens is 2. The van der Waals surface area contributed by atoms with Gasteiger partial charge in [0.25, 0.3) is 0 Å². The van der Waals surface area contributed by atoms with E-state index in [0.717, 1.165) is 36.2 Å². The van der Waals surface area contributed by atoms with E-state index >= 15 is 0 Å². The zero-order valence-electron chi connectivity index (χ0n) is 14.6. The molecule has 6 heteroatoms. The van der Waals surface area contributed by atoms with E-state index < -0.39 is 0 Å². The van der Waals surface area contributed by atoms with Crippen LogP contribution in [0.1, 0.15) is 12.1 Å². The average molecular weight is 327 g/mol. The lowest BCUT2D eigenvalue weighted by Crippen LogP contribution is -2.39. The van der Waals surface area contributed by atoms with Gasteiger partial charge in [-0.25, -0.2) is 4.98 Å². The maximum absolute atomic E-state index is 12.5. The molecule has 1 amide bonds. The van der Waals surface area contributed by atoms with E-state index in [9.17, 15) is 4.79 Å². The van der Waals surface area contributed by atoms with E-state index in [1.807, 2.05) is 31.3 Å². The van der Waals surface area contributed by atoms with Crippen molar-refractivity contribution in [2.24, 2.45) is 0 Å². The Morgan fingerprint density at radius 1 is 1.25 bits per heavy atom. The molecule has 0 unspecified atom stereocenters. The zero-order chi connectivity index (χ0) is 17.1. The van der Waals surface area contributed by atoms with Crippen LogP contribution in [0.5, 0.6) is 0 Å². The highest BCUT2D eigenvalue weighted by Gasteiger charge is 2.26. The molecule has 2 heterocycles. The lowest BCUT2D eigenvalue weighted by Gasteiger charge is -2.22. The fraction of sp³-hybridized carbons (Fsp3) is 0.500. The normalized spacial score (nSPS) is 18.4. The first-order valence-corrected chi connectivity index (χ1v) is 8.36. The van der Waals surface area contributed by atoms with Crippen LogP contribution in [-0.4, -0.2) is 77.4 Å². The summed E-state index contributed by atoms with van der Waals surface area (Å²) in [6.45, 7) is 2.91. The summed E-state index contributed by atoms with van der Waals surface area (Å²) in [5, 5.41) is 0. The number of likely N-dealkylation sites (N-methyl/N-ethyl adjacent to an activating group) is 2. The molecule has 6 nitrogen and oxygen atoms in total. The SMILES string of the molecule is CN(Cc1cnc2ccccc2n1)C(=O)CN1CC[C@H](N(C)C)C1. The quantitative estimate of drug-likeness (QED) is 0.827. The van der Waals surface area contributed by atoms with Crippen LogP contribution in [0.4, 0.5) is 0 Å². The molecule has 0 spiro atoms. The van der Waals surface area contributed by atoms with Gasteiger partial charge in [0.2, 0.25) is 5.91 Å². The molecule has 0 aliphatic carbocycles. The second-order valence-electron chi connectivity index (χ2n) is 6.74. The van der Waals surface area contributed by atoms with Crippen molar-refractivity contribution in [3.8, 4) is 0 Å². The van der Waals surface area contributed by atoms with Gasteiger partial charge in [-0.15, -0.1) is 0 Å². The van der Waals surface area contributed by atoms with Crippen LogP contribution in [-0.2, 0) is 11.3 Å². The highest BCUT2D eigenvalue weighted by atomic mass is 16.2. The fourth-order valence-corrected chi connectivity index (χ4v) is 3.09. The Morgan fingerprint density at radius 2 is 2.00 bits per heavy atom. The minimum Gasteiger partial charge on any atom is -0.339 e. The predicted molar refractivity (Wildman–Crippen MR) is 94.5 cm³/mol. The lowest BCUT2D eigenvalue weighted by molar-refractivity contribution is -0.131. The number of hydrogen-bond donors (Lipinski definition) is 0. The Labute approximate surface area is 143 Å². The molecule has 1 fully saturated rings. The average Bonchev–Trinajstić information content (AvgIpc) is 3.03. The molecule has 128 valence electrons. The molecule has 2 aromatic rings. The van der Waals surface area contributed by atoms with Crippen molar-refractivity contribution in [3.05, 3.63) is 36.2 Å². The largest absolute Gasteiger partial charge is 0.339 e. The summed E-state index contributed by atoms with van der Waals surface area (Å²) in [4.78, 5) is 27.7. The number of nitrogens with zero attached hydrogens (tertiary/aromatic N) is 5. The standard InChI is InChI=1S/C18H25N5O/c1-21(2)15-8-9-23(12-15)13-18(24)22(3)11-14-10-19-16-6-4-5-7-17(16)20-14/h4-7,10,15H,8-9,11-13H2,1-3H3/t15-/m0/s1. The monoisotopic (exact) mass is 327 g/mol. The molecule has 1 aliphatic rings. The minimum atomic E-state index is 0.129. The highest BCUT2D eigenvalue weighted by molar-refractivity contribution is 5.78. The van der Waals surface area contributed by atoms with E-state index in [4.69, 9.17) is 0 Å². The van der Waals surface area contributed by atoms with E-state index in [1.165, 1.54) is 0 Å². The van der Waals surface area contributed by atoms with Gasteiger partial charge in [-0.3, -0.25) is 14.7 Å². The van der Waals surface area contributed by atoms with Crippen LogP contribution in [0.15, 0.2) is 30.5 Å². The van der Waals surface area contributed by atoms with Gasteiger partial charge in [0.1, 0.15) is 0 Å². The molecule has 0 bridgehead atoms. The van der Waals surface area contributed by atoms with Crippen molar-refractivity contribution in [1.29, 1.82) is 0 Å². The van der Waals surface area contributed by atoms with Gasteiger partial charge in [-0.1, -0.05) is 12.1 Å². The Balaban J connectivity index is 1.57. The van der Waals surface area contributed by atoms with Gasteiger partial charge in [-0.2, -0.15) is 0 Å². The van der Waals surface area contributed by atoms with E-state index in [1.54, 1.807) is 11.1 Å². The molecule has 0 radical (unpaired) electrons. The number of rotatable bonds is 5. The fourth-order valence-electron chi connectivity index (χ4n) is 3.09. The number of benzene rings is 1. The molecule has 24 heavy (non-hydrogen) atoms. The summed E-state index contributed by atoms with van der Waals surface area (Å²) in [6, 6.07) is 8.33. The zero-order valence-corrected chi connectivity index (χ0v) is 14.6. The molecule has 1 saturated heterocycles. The van der Waals surface area contributed by atoms with Crippen LogP contribution < -0.4 is 0 Å². The summed E-state index contributed by atoms with van der Waals surface area (Å²) in [5.74, 6) is 0.129. The van der Waals surface area contributed by atoms with Crippen LogP contribution in [0.3, 0.4) is 0 Å². The smallest absolute Gasteiger partial charge is 0.236 e. The molecule has 0 N–H and O–H groups in total. The van der Waals surface area contributed by atoms with E-state index in [-0.39, 0.29) is 5.91 Å². The number of para-hydroxylation sites is 2. The Kier molecular flexibility index (Phi) is 5.06. The molecule has 1 aromatic heterocycles. The third-order valence-electron chi connectivity index (χ3n) is 4.66. The molecular weight excluding hydrogens is 302 g/mol. The summed E-state index contributed by atoms with van der Waals surface area (Å²) in [5.41, 5.74) is 2.56.